The van der Waals surface area contributed by atoms with Crippen LogP contribution in [0.1, 0.15) is 26.3 Å². The molecule has 118 valence electrons. The van der Waals surface area contributed by atoms with Gasteiger partial charge >= 0.3 is 0 Å². The van der Waals surface area contributed by atoms with Crippen LogP contribution in [0, 0.1) is 6.92 Å². The Morgan fingerprint density at radius 3 is 2.38 bits per heavy atom. The second-order valence-corrected chi connectivity index (χ2v) is 7.49. The lowest BCUT2D eigenvalue weighted by Crippen LogP contribution is -2.45. The SMILES string of the molecule is COc1ccc(S(=O)(=O)NCC(=O)NC(C)(C)C)c(C)c1. The summed E-state index contributed by atoms with van der Waals surface area (Å²) in [5, 5.41) is 2.69. The molecule has 0 aliphatic heterocycles. The lowest BCUT2D eigenvalue weighted by molar-refractivity contribution is -0.121. The maximum Gasteiger partial charge on any atom is 0.241 e. The van der Waals surface area contributed by atoms with Crippen molar-refractivity contribution in [1.82, 2.24) is 10.0 Å². The van der Waals surface area contributed by atoms with Gasteiger partial charge in [0.2, 0.25) is 15.9 Å². The van der Waals surface area contributed by atoms with Gasteiger partial charge in [-0.05, 0) is 51.5 Å². The van der Waals surface area contributed by atoms with Crippen LogP contribution in [0.25, 0.3) is 0 Å². The number of ether oxygens (including phenoxy) is 1. The van der Waals surface area contributed by atoms with Crippen molar-refractivity contribution < 1.29 is 17.9 Å². The third-order valence-electron chi connectivity index (χ3n) is 2.61. The maximum absolute atomic E-state index is 12.2. The molecule has 2 N–H and O–H groups in total. The second-order valence-electron chi connectivity index (χ2n) is 5.75. The molecule has 0 radical (unpaired) electrons. The number of carbonyl (C=O) groups excluding carboxylic acids is 1. The van der Waals surface area contributed by atoms with Crippen molar-refractivity contribution >= 4 is 15.9 Å². The summed E-state index contributed by atoms with van der Waals surface area (Å²) in [6.45, 7) is 6.85. The van der Waals surface area contributed by atoms with E-state index in [1.54, 1.807) is 19.1 Å². The van der Waals surface area contributed by atoms with E-state index in [1.165, 1.54) is 13.2 Å². The smallest absolute Gasteiger partial charge is 0.241 e. The van der Waals surface area contributed by atoms with Crippen LogP contribution < -0.4 is 14.8 Å². The van der Waals surface area contributed by atoms with Crippen LogP contribution in [0.5, 0.6) is 5.75 Å². The summed E-state index contributed by atoms with van der Waals surface area (Å²) in [6, 6.07) is 4.65. The Morgan fingerprint density at radius 1 is 1.29 bits per heavy atom. The first-order chi connectivity index (χ1) is 9.55. The minimum absolute atomic E-state index is 0.131. The number of nitrogens with one attached hydrogen (secondary N) is 2. The lowest BCUT2D eigenvalue weighted by atomic mass is 10.1. The Balaban J connectivity index is 2.81. The molecule has 0 bridgehead atoms. The Morgan fingerprint density at radius 2 is 1.90 bits per heavy atom. The van der Waals surface area contributed by atoms with Gasteiger partial charge in [-0.2, -0.15) is 0 Å². The highest BCUT2D eigenvalue weighted by Gasteiger charge is 2.20. The molecular formula is C14H22N2O4S. The molecule has 1 aromatic carbocycles. The first-order valence-corrected chi connectivity index (χ1v) is 7.99. The number of hydrogen-bond acceptors (Lipinski definition) is 4. The summed E-state index contributed by atoms with van der Waals surface area (Å²) in [7, 11) is -2.22. The first-order valence-electron chi connectivity index (χ1n) is 6.50. The molecule has 0 spiro atoms. The quantitative estimate of drug-likeness (QED) is 0.855. The highest BCUT2D eigenvalue weighted by atomic mass is 32.2. The Hall–Kier alpha value is -1.60. The van der Waals surface area contributed by atoms with Crippen molar-refractivity contribution in [2.45, 2.75) is 38.1 Å². The van der Waals surface area contributed by atoms with Crippen molar-refractivity contribution in [3.63, 3.8) is 0 Å². The molecule has 0 heterocycles. The lowest BCUT2D eigenvalue weighted by Gasteiger charge is -2.20. The van der Waals surface area contributed by atoms with Crippen molar-refractivity contribution in [2.75, 3.05) is 13.7 Å². The van der Waals surface area contributed by atoms with Crippen LogP contribution in [-0.2, 0) is 14.8 Å². The number of methoxy groups -OCH3 is 1. The third-order valence-corrected chi connectivity index (χ3v) is 4.17. The molecule has 1 rings (SSSR count). The van der Waals surface area contributed by atoms with Gasteiger partial charge in [-0.3, -0.25) is 4.79 Å². The second kappa shape index (κ2) is 6.44. The van der Waals surface area contributed by atoms with Crippen molar-refractivity contribution in [3.8, 4) is 5.75 Å². The maximum atomic E-state index is 12.2. The molecule has 1 amide bonds. The van der Waals surface area contributed by atoms with Crippen LogP contribution in [0.4, 0.5) is 0 Å². The zero-order valence-corrected chi connectivity index (χ0v) is 13.8. The number of sulfonamides is 1. The fourth-order valence-electron chi connectivity index (χ4n) is 1.75. The highest BCUT2D eigenvalue weighted by Crippen LogP contribution is 2.20. The minimum atomic E-state index is -3.73. The van der Waals surface area contributed by atoms with Crippen LogP contribution in [-0.4, -0.2) is 33.5 Å². The molecule has 0 atom stereocenters. The van der Waals surface area contributed by atoms with E-state index in [2.05, 4.69) is 10.0 Å². The van der Waals surface area contributed by atoms with Crippen LogP contribution in [0.2, 0.25) is 0 Å². The summed E-state index contributed by atoms with van der Waals surface area (Å²) < 4.78 is 31.7. The monoisotopic (exact) mass is 314 g/mol. The van der Waals surface area contributed by atoms with E-state index in [9.17, 15) is 13.2 Å². The summed E-state index contributed by atoms with van der Waals surface area (Å²) in [6.07, 6.45) is 0. The fourth-order valence-corrected chi connectivity index (χ4v) is 2.96. The molecular weight excluding hydrogens is 292 g/mol. The van der Waals surface area contributed by atoms with Gasteiger partial charge < -0.3 is 10.1 Å². The normalized spacial score (nSPS) is 12.0. The standard InChI is InChI=1S/C14H22N2O4S/c1-10-8-11(20-5)6-7-12(10)21(18,19)15-9-13(17)16-14(2,3)4/h6-8,15H,9H2,1-5H3,(H,16,17). The molecule has 6 nitrogen and oxygen atoms in total. The van der Waals surface area contributed by atoms with Crippen LogP contribution >= 0.6 is 0 Å². The van der Waals surface area contributed by atoms with E-state index in [1.807, 2.05) is 20.8 Å². The van der Waals surface area contributed by atoms with Gasteiger partial charge in [0.1, 0.15) is 5.75 Å². The first kappa shape index (κ1) is 17.5. The van der Waals surface area contributed by atoms with Gasteiger partial charge in [-0.15, -0.1) is 0 Å². The number of carbonyl (C=O) groups is 1. The fraction of sp³-hybridized carbons (Fsp3) is 0.500. The van der Waals surface area contributed by atoms with Gasteiger partial charge in [0.15, 0.2) is 0 Å². The van der Waals surface area contributed by atoms with Gasteiger partial charge in [-0.25, -0.2) is 13.1 Å². The largest absolute Gasteiger partial charge is 0.497 e. The van der Waals surface area contributed by atoms with E-state index in [4.69, 9.17) is 4.74 Å². The van der Waals surface area contributed by atoms with E-state index in [0.717, 1.165) is 0 Å². The van der Waals surface area contributed by atoms with Crippen LogP contribution in [0.15, 0.2) is 23.1 Å². The van der Waals surface area contributed by atoms with Crippen molar-refractivity contribution in [1.29, 1.82) is 0 Å². The molecule has 0 aromatic heterocycles. The Bertz CT molecular complexity index is 618. The number of amides is 1. The molecule has 0 aliphatic carbocycles. The molecule has 1 aromatic rings. The van der Waals surface area contributed by atoms with Gasteiger partial charge in [0.25, 0.3) is 0 Å². The summed E-state index contributed by atoms with van der Waals surface area (Å²) in [4.78, 5) is 11.8. The Labute approximate surface area is 125 Å². The number of rotatable bonds is 5. The Kier molecular flexibility index (Phi) is 5.36. The number of hydrogen-bond donors (Lipinski definition) is 2. The average molecular weight is 314 g/mol. The van der Waals surface area contributed by atoms with Gasteiger partial charge in [-0.1, -0.05) is 0 Å². The summed E-state index contributed by atoms with van der Waals surface area (Å²) in [5.74, 6) is 0.203. The molecule has 21 heavy (non-hydrogen) atoms. The zero-order valence-electron chi connectivity index (χ0n) is 13.0. The van der Waals surface area contributed by atoms with Crippen molar-refractivity contribution in [2.24, 2.45) is 0 Å². The topological polar surface area (TPSA) is 84.5 Å². The molecule has 0 fully saturated rings. The molecule has 0 aliphatic rings. The molecule has 7 heteroatoms. The summed E-state index contributed by atoms with van der Waals surface area (Å²) in [5.41, 5.74) is 0.150. The number of aryl methyl sites for hydroxylation is 1. The van der Waals surface area contributed by atoms with Gasteiger partial charge in [0.05, 0.1) is 18.6 Å². The van der Waals surface area contributed by atoms with E-state index in [-0.39, 0.29) is 17.3 Å². The molecule has 0 saturated carbocycles. The summed E-state index contributed by atoms with van der Waals surface area (Å²) >= 11 is 0. The third kappa shape index (κ3) is 5.35. The van der Waals surface area contributed by atoms with Crippen molar-refractivity contribution in [3.05, 3.63) is 23.8 Å². The number of benzene rings is 1. The minimum Gasteiger partial charge on any atom is -0.497 e. The van der Waals surface area contributed by atoms with E-state index < -0.39 is 15.6 Å². The van der Waals surface area contributed by atoms with E-state index >= 15 is 0 Å². The predicted molar refractivity (Wildman–Crippen MR) is 80.8 cm³/mol. The highest BCUT2D eigenvalue weighted by molar-refractivity contribution is 7.89. The van der Waals surface area contributed by atoms with Gasteiger partial charge in [0, 0.05) is 5.54 Å². The average Bonchev–Trinajstić information content (AvgIpc) is 2.34. The molecule has 0 saturated heterocycles. The zero-order chi connectivity index (χ0) is 16.3. The van der Waals surface area contributed by atoms with Crippen LogP contribution in [0.3, 0.4) is 0 Å². The predicted octanol–water partition coefficient (Wildman–Crippen LogP) is 1.20. The molecule has 0 unspecified atom stereocenters. The van der Waals surface area contributed by atoms with E-state index in [0.29, 0.717) is 11.3 Å².